The van der Waals surface area contributed by atoms with Crippen molar-refractivity contribution in [1.82, 2.24) is 4.90 Å². The number of nitrogens with two attached hydrogens (primary N) is 1. The van der Waals surface area contributed by atoms with Crippen LogP contribution in [-0.4, -0.2) is 37.0 Å². The highest BCUT2D eigenvalue weighted by Crippen LogP contribution is 2.17. The van der Waals surface area contributed by atoms with Crippen LogP contribution in [0.25, 0.3) is 0 Å². The summed E-state index contributed by atoms with van der Waals surface area (Å²) in [5.41, 5.74) is 5.83. The zero-order valence-electron chi connectivity index (χ0n) is 11.8. The van der Waals surface area contributed by atoms with Crippen molar-refractivity contribution in [2.24, 2.45) is 5.73 Å². The van der Waals surface area contributed by atoms with Crippen LogP contribution < -0.4 is 10.5 Å². The first-order chi connectivity index (χ1) is 9.70. The van der Waals surface area contributed by atoms with E-state index in [9.17, 15) is 9.18 Å². The van der Waals surface area contributed by atoms with Gasteiger partial charge in [-0.2, -0.15) is 0 Å². The van der Waals surface area contributed by atoms with Crippen LogP contribution in [0.15, 0.2) is 36.2 Å². The molecule has 1 fully saturated rings. The van der Waals surface area contributed by atoms with Crippen LogP contribution in [0.3, 0.4) is 0 Å². The number of nitrogens with zero attached hydrogens (tertiary/aromatic N) is 1. The average Bonchev–Trinajstić information content (AvgIpc) is 2.99. The number of ether oxygens (including phenoxy) is 1. The van der Waals surface area contributed by atoms with Gasteiger partial charge in [-0.3, -0.25) is 4.79 Å². The molecule has 1 aliphatic heterocycles. The molecule has 1 aromatic rings. The van der Waals surface area contributed by atoms with Crippen molar-refractivity contribution >= 4 is 18.3 Å². The third-order valence-corrected chi connectivity index (χ3v) is 3.21. The summed E-state index contributed by atoms with van der Waals surface area (Å²) in [6.07, 6.45) is 3.41. The Morgan fingerprint density at radius 1 is 1.29 bits per heavy atom. The second-order valence-electron chi connectivity index (χ2n) is 4.70. The van der Waals surface area contributed by atoms with Crippen molar-refractivity contribution in [3.05, 3.63) is 41.7 Å². The molecule has 2 rings (SSSR count). The molecule has 1 heterocycles. The number of rotatable bonds is 5. The van der Waals surface area contributed by atoms with Crippen LogP contribution in [0, 0.1) is 0 Å². The fourth-order valence-corrected chi connectivity index (χ4v) is 2.14. The van der Waals surface area contributed by atoms with Gasteiger partial charge >= 0.3 is 0 Å². The Balaban J connectivity index is 0.00000220. The first kappa shape index (κ1) is 17.5. The fraction of sp³-hybridized carbons (Fsp3) is 0.400. The monoisotopic (exact) mass is 314 g/mol. The fourth-order valence-electron chi connectivity index (χ4n) is 2.14. The van der Waals surface area contributed by atoms with Gasteiger partial charge in [0.1, 0.15) is 18.2 Å². The molecule has 0 bridgehead atoms. The number of benzene rings is 1. The highest BCUT2D eigenvalue weighted by molar-refractivity contribution is 5.94. The summed E-state index contributed by atoms with van der Waals surface area (Å²) in [7, 11) is 0. The summed E-state index contributed by atoms with van der Waals surface area (Å²) in [6, 6.07) is 6.78. The van der Waals surface area contributed by atoms with Crippen LogP contribution in [0.2, 0.25) is 0 Å². The average molecular weight is 315 g/mol. The molecule has 4 nitrogen and oxygen atoms in total. The Kier molecular flexibility index (Phi) is 7.19. The van der Waals surface area contributed by atoms with E-state index in [4.69, 9.17) is 10.5 Å². The molecule has 1 aliphatic rings. The molecule has 1 saturated heterocycles. The summed E-state index contributed by atoms with van der Waals surface area (Å²) in [4.78, 5) is 14.0. The lowest BCUT2D eigenvalue weighted by Crippen LogP contribution is -2.27. The molecule has 0 spiro atoms. The molecule has 0 radical (unpaired) electrons. The lowest BCUT2D eigenvalue weighted by molar-refractivity contribution is 0.0793. The van der Waals surface area contributed by atoms with Gasteiger partial charge in [-0.05, 0) is 43.2 Å². The minimum absolute atomic E-state index is 0. The topological polar surface area (TPSA) is 55.6 Å². The molecule has 6 heteroatoms. The molecule has 21 heavy (non-hydrogen) atoms. The molecular weight excluding hydrogens is 295 g/mol. The Bertz CT molecular complexity index is 485. The third kappa shape index (κ3) is 5.02. The lowest BCUT2D eigenvalue weighted by atomic mass is 10.2. The van der Waals surface area contributed by atoms with Crippen LogP contribution in [-0.2, 0) is 0 Å². The molecule has 0 aromatic heterocycles. The number of carbonyl (C=O) groups excluding carboxylic acids is 1. The summed E-state index contributed by atoms with van der Waals surface area (Å²) < 4.78 is 18.4. The van der Waals surface area contributed by atoms with Crippen molar-refractivity contribution in [3.8, 4) is 5.75 Å². The SMILES string of the molecule is Cl.NC/C=C(/F)COc1ccc(C(=O)N2CCCC2)cc1. The van der Waals surface area contributed by atoms with Crippen molar-refractivity contribution in [1.29, 1.82) is 0 Å². The molecule has 116 valence electrons. The predicted octanol–water partition coefficient (Wildman–Crippen LogP) is 2.54. The van der Waals surface area contributed by atoms with Gasteiger partial charge in [0.2, 0.25) is 0 Å². The molecule has 0 aliphatic carbocycles. The standard InChI is InChI=1S/C15H19FN2O2.ClH/c16-13(7-8-17)11-20-14-5-3-12(4-6-14)15(19)18-9-1-2-10-18;/h3-7H,1-2,8-11,17H2;1H/b13-7+;. The second kappa shape index (κ2) is 8.64. The van der Waals surface area contributed by atoms with Gasteiger partial charge in [-0.15, -0.1) is 12.4 Å². The number of carbonyl (C=O) groups is 1. The Labute approximate surface area is 130 Å². The number of hydrogen-bond donors (Lipinski definition) is 1. The molecule has 0 saturated carbocycles. The normalized spacial score (nSPS) is 14.8. The predicted molar refractivity (Wildman–Crippen MR) is 82.6 cm³/mol. The van der Waals surface area contributed by atoms with Gasteiger partial charge in [0.25, 0.3) is 5.91 Å². The highest BCUT2D eigenvalue weighted by Gasteiger charge is 2.19. The molecule has 1 aromatic carbocycles. The van der Waals surface area contributed by atoms with Crippen LogP contribution >= 0.6 is 12.4 Å². The van der Waals surface area contributed by atoms with E-state index in [1.807, 2.05) is 4.90 Å². The van der Waals surface area contributed by atoms with Gasteiger partial charge in [-0.1, -0.05) is 0 Å². The van der Waals surface area contributed by atoms with E-state index in [-0.39, 0.29) is 31.5 Å². The van der Waals surface area contributed by atoms with E-state index in [2.05, 4.69) is 0 Å². The number of likely N-dealkylation sites (tertiary alicyclic amines) is 1. The van der Waals surface area contributed by atoms with Crippen LogP contribution in [0.1, 0.15) is 23.2 Å². The van der Waals surface area contributed by atoms with Crippen LogP contribution in [0.4, 0.5) is 4.39 Å². The van der Waals surface area contributed by atoms with Gasteiger partial charge < -0.3 is 15.4 Å². The Morgan fingerprint density at radius 2 is 1.90 bits per heavy atom. The molecule has 1 amide bonds. The maximum atomic E-state index is 13.1. The number of amides is 1. The van der Waals surface area contributed by atoms with E-state index in [1.165, 1.54) is 6.08 Å². The van der Waals surface area contributed by atoms with E-state index in [1.54, 1.807) is 24.3 Å². The summed E-state index contributed by atoms with van der Waals surface area (Å²) in [6.45, 7) is 1.66. The maximum absolute atomic E-state index is 13.1. The van der Waals surface area contributed by atoms with E-state index >= 15 is 0 Å². The van der Waals surface area contributed by atoms with Gasteiger partial charge in [0, 0.05) is 25.2 Å². The van der Waals surface area contributed by atoms with E-state index in [0.717, 1.165) is 25.9 Å². The third-order valence-electron chi connectivity index (χ3n) is 3.21. The summed E-state index contributed by atoms with van der Waals surface area (Å²) in [5.74, 6) is 0.177. The first-order valence-corrected chi connectivity index (χ1v) is 6.77. The molecule has 2 N–H and O–H groups in total. The van der Waals surface area contributed by atoms with Crippen molar-refractivity contribution in [3.63, 3.8) is 0 Å². The van der Waals surface area contributed by atoms with E-state index in [0.29, 0.717) is 11.3 Å². The summed E-state index contributed by atoms with van der Waals surface area (Å²) in [5, 5.41) is 0. The second-order valence-corrected chi connectivity index (χ2v) is 4.70. The van der Waals surface area contributed by atoms with Crippen LogP contribution in [0.5, 0.6) is 5.75 Å². The van der Waals surface area contributed by atoms with Gasteiger partial charge in [0.05, 0.1) is 0 Å². The summed E-state index contributed by atoms with van der Waals surface area (Å²) >= 11 is 0. The van der Waals surface area contributed by atoms with Gasteiger partial charge in [-0.25, -0.2) is 4.39 Å². The highest BCUT2D eigenvalue weighted by atomic mass is 35.5. The number of halogens is 2. The Hall–Kier alpha value is -1.59. The lowest BCUT2D eigenvalue weighted by Gasteiger charge is -2.15. The zero-order valence-corrected chi connectivity index (χ0v) is 12.6. The molecule has 0 atom stereocenters. The zero-order chi connectivity index (χ0) is 14.4. The largest absolute Gasteiger partial charge is 0.487 e. The van der Waals surface area contributed by atoms with E-state index < -0.39 is 5.83 Å². The minimum atomic E-state index is -0.398. The molecule has 0 unspecified atom stereocenters. The number of hydrogen-bond acceptors (Lipinski definition) is 3. The molecular formula is C15H20ClFN2O2. The van der Waals surface area contributed by atoms with Crippen molar-refractivity contribution in [2.45, 2.75) is 12.8 Å². The first-order valence-electron chi connectivity index (χ1n) is 6.77. The smallest absolute Gasteiger partial charge is 0.253 e. The Morgan fingerprint density at radius 3 is 2.48 bits per heavy atom. The minimum Gasteiger partial charge on any atom is -0.487 e. The maximum Gasteiger partial charge on any atom is 0.253 e. The van der Waals surface area contributed by atoms with Crippen molar-refractivity contribution in [2.75, 3.05) is 26.2 Å². The quantitative estimate of drug-likeness (QED) is 0.908. The van der Waals surface area contributed by atoms with Gasteiger partial charge in [0.15, 0.2) is 0 Å². The van der Waals surface area contributed by atoms with Crippen molar-refractivity contribution < 1.29 is 13.9 Å².